The maximum atomic E-state index is 12.3. The molecule has 3 aromatic rings. The molecule has 2 aromatic heterocycles. The highest BCUT2D eigenvalue weighted by atomic mass is 16.5. The molecule has 0 aliphatic carbocycles. The zero-order valence-corrected chi connectivity index (χ0v) is 11.5. The van der Waals surface area contributed by atoms with E-state index in [1.54, 1.807) is 36.5 Å². The monoisotopic (exact) mass is 282 g/mol. The van der Waals surface area contributed by atoms with Gasteiger partial charge in [0.1, 0.15) is 11.3 Å². The molecule has 2 heterocycles. The number of hydrogen-bond acceptors (Lipinski definition) is 4. The number of nitrogens with one attached hydrogen (secondary N) is 1. The van der Waals surface area contributed by atoms with E-state index in [0.29, 0.717) is 29.1 Å². The van der Waals surface area contributed by atoms with Crippen molar-refractivity contribution in [2.75, 3.05) is 11.9 Å². The van der Waals surface area contributed by atoms with E-state index in [-0.39, 0.29) is 11.7 Å². The molecule has 0 bridgehead atoms. The fourth-order valence-electron chi connectivity index (χ4n) is 2.02. The number of nitrogens with zero attached hydrogens (tertiary/aromatic N) is 1. The quantitative estimate of drug-likeness (QED) is 0.795. The van der Waals surface area contributed by atoms with Gasteiger partial charge in [0.15, 0.2) is 11.3 Å². The zero-order valence-electron chi connectivity index (χ0n) is 11.5. The van der Waals surface area contributed by atoms with Gasteiger partial charge in [-0.1, -0.05) is 12.1 Å². The molecule has 0 radical (unpaired) electrons. The van der Waals surface area contributed by atoms with Gasteiger partial charge in [0.25, 0.3) is 5.91 Å². The van der Waals surface area contributed by atoms with Gasteiger partial charge < -0.3 is 14.5 Å². The fourth-order valence-corrected chi connectivity index (χ4v) is 2.02. The molecule has 0 spiro atoms. The summed E-state index contributed by atoms with van der Waals surface area (Å²) in [4.78, 5) is 16.4. The fraction of sp³-hybridized carbons (Fsp3) is 0.125. The van der Waals surface area contributed by atoms with Gasteiger partial charge in [0, 0.05) is 12.3 Å². The van der Waals surface area contributed by atoms with Gasteiger partial charge in [-0.25, -0.2) is 0 Å². The molecule has 0 aliphatic rings. The lowest BCUT2D eigenvalue weighted by molar-refractivity contribution is 0.0998. The number of carbonyl (C=O) groups excluding carboxylic acids is 1. The summed E-state index contributed by atoms with van der Waals surface area (Å²) in [7, 11) is 0. The smallest absolute Gasteiger partial charge is 0.291 e. The molecule has 1 aromatic carbocycles. The number of rotatable bonds is 4. The first kappa shape index (κ1) is 13.2. The molecule has 0 saturated heterocycles. The highest BCUT2D eigenvalue weighted by Crippen LogP contribution is 2.25. The number of carbonyl (C=O) groups is 1. The highest BCUT2D eigenvalue weighted by molar-refractivity contribution is 6.04. The van der Waals surface area contributed by atoms with E-state index in [1.165, 1.54) is 0 Å². The molecule has 0 fully saturated rings. The molecule has 21 heavy (non-hydrogen) atoms. The minimum absolute atomic E-state index is 0.218. The second-order valence-corrected chi connectivity index (χ2v) is 4.38. The minimum Gasteiger partial charge on any atom is -0.492 e. The molecule has 0 aliphatic heterocycles. The maximum Gasteiger partial charge on any atom is 0.291 e. The molecule has 3 rings (SSSR count). The van der Waals surface area contributed by atoms with Crippen molar-refractivity contribution in [3.63, 3.8) is 0 Å². The Kier molecular flexibility index (Phi) is 3.55. The third-order valence-electron chi connectivity index (χ3n) is 2.95. The van der Waals surface area contributed by atoms with Gasteiger partial charge in [-0.05, 0) is 31.2 Å². The van der Waals surface area contributed by atoms with Crippen LogP contribution in [-0.2, 0) is 0 Å². The zero-order chi connectivity index (χ0) is 14.7. The predicted molar refractivity (Wildman–Crippen MR) is 79.6 cm³/mol. The first-order valence-electron chi connectivity index (χ1n) is 6.65. The third-order valence-corrected chi connectivity index (χ3v) is 2.95. The number of ether oxygens (including phenoxy) is 1. The van der Waals surface area contributed by atoms with Crippen LogP contribution in [0.2, 0.25) is 0 Å². The van der Waals surface area contributed by atoms with Gasteiger partial charge in [0.05, 0.1) is 12.3 Å². The van der Waals surface area contributed by atoms with Crippen LogP contribution in [0.25, 0.3) is 11.1 Å². The van der Waals surface area contributed by atoms with E-state index < -0.39 is 0 Å². The van der Waals surface area contributed by atoms with Crippen molar-refractivity contribution in [2.24, 2.45) is 0 Å². The number of hydrogen-bond donors (Lipinski definition) is 1. The largest absolute Gasteiger partial charge is 0.492 e. The van der Waals surface area contributed by atoms with Crippen LogP contribution in [0.15, 0.2) is 53.1 Å². The van der Waals surface area contributed by atoms with Crippen molar-refractivity contribution in [3.8, 4) is 5.75 Å². The molecule has 1 N–H and O–H groups in total. The van der Waals surface area contributed by atoms with E-state index in [0.717, 1.165) is 0 Å². The van der Waals surface area contributed by atoms with Crippen molar-refractivity contribution >= 4 is 22.7 Å². The van der Waals surface area contributed by atoms with Crippen molar-refractivity contribution in [2.45, 2.75) is 6.92 Å². The van der Waals surface area contributed by atoms with E-state index in [9.17, 15) is 4.79 Å². The molecule has 5 heteroatoms. The summed E-state index contributed by atoms with van der Waals surface area (Å²) in [6.45, 7) is 2.42. The van der Waals surface area contributed by atoms with Gasteiger partial charge >= 0.3 is 0 Å². The Balaban J connectivity index is 1.86. The molecule has 1 amide bonds. The van der Waals surface area contributed by atoms with Crippen LogP contribution in [0.1, 0.15) is 17.5 Å². The Morgan fingerprint density at radius 2 is 2.14 bits per heavy atom. The van der Waals surface area contributed by atoms with E-state index >= 15 is 0 Å². The SMILES string of the molecule is CCOc1ccccc1NC(=O)c1cc2ncccc2o1. The van der Waals surface area contributed by atoms with Gasteiger partial charge in [-0.2, -0.15) is 0 Å². The van der Waals surface area contributed by atoms with Crippen molar-refractivity contribution in [3.05, 3.63) is 54.4 Å². The Hall–Kier alpha value is -2.82. The van der Waals surface area contributed by atoms with Crippen LogP contribution < -0.4 is 10.1 Å². The summed E-state index contributed by atoms with van der Waals surface area (Å²) < 4.78 is 11.0. The van der Waals surface area contributed by atoms with Crippen LogP contribution in [0.3, 0.4) is 0 Å². The average Bonchev–Trinajstić information content (AvgIpc) is 2.93. The van der Waals surface area contributed by atoms with Gasteiger partial charge in [-0.15, -0.1) is 0 Å². The molecule has 5 nitrogen and oxygen atoms in total. The number of aromatic nitrogens is 1. The Labute approximate surface area is 121 Å². The van der Waals surface area contributed by atoms with E-state index in [2.05, 4.69) is 10.3 Å². The van der Waals surface area contributed by atoms with Crippen LogP contribution >= 0.6 is 0 Å². The van der Waals surface area contributed by atoms with Gasteiger partial charge in [-0.3, -0.25) is 9.78 Å². The second kappa shape index (κ2) is 5.66. The van der Waals surface area contributed by atoms with Crippen molar-refractivity contribution < 1.29 is 13.9 Å². The molecular formula is C16H14N2O3. The maximum absolute atomic E-state index is 12.3. The average molecular weight is 282 g/mol. The summed E-state index contributed by atoms with van der Waals surface area (Å²) in [5.41, 5.74) is 1.85. The molecular weight excluding hydrogens is 268 g/mol. The number of fused-ring (bicyclic) bond motifs is 1. The number of amides is 1. The summed E-state index contributed by atoms with van der Waals surface area (Å²) in [5.74, 6) is 0.512. The van der Waals surface area contributed by atoms with Gasteiger partial charge in [0.2, 0.25) is 0 Å². The summed E-state index contributed by atoms with van der Waals surface area (Å²) >= 11 is 0. The summed E-state index contributed by atoms with van der Waals surface area (Å²) in [6.07, 6.45) is 1.66. The normalized spacial score (nSPS) is 10.5. The second-order valence-electron chi connectivity index (χ2n) is 4.38. The minimum atomic E-state index is -0.333. The highest BCUT2D eigenvalue weighted by Gasteiger charge is 2.14. The lowest BCUT2D eigenvalue weighted by Crippen LogP contribution is -2.12. The number of para-hydroxylation sites is 2. The van der Waals surface area contributed by atoms with Crippen LogP contribution in [0.5, 0.6) is 5.75 Å². The van der Waals surface area contributed by atoms with Crippen LogP contribution in [0, 0.1) is 0 Å². The Morgan fingerprint density at radius 3 is 2.95 bits per heavy atom. The topological polar surface area (TPSA) is 64.4 Å². The molecule has 0 unspecified atom stereocenters. The van der Waals surface area contributed by atoms with Crippen LogP contribution in [-0.4, -0.2) is 17.5 Å². The molecule has 106 valence electrons. The predicted octanol–water partition coefficient (Wildman–Crippen LogP) is 3.48. The summed E-state index contributed by atoms with van der Waals surface area (Å²) in [6, 6.07) is 12.4. The van der Waals surface area contributed by atoms with Crippen molar-refractivity contribution in [1.29, 1.82) is 0 Å². The Morgan fingerprint density at radius 1 is 1.29 bits per heavy atom. The third kappa shape index (κ3) is 2.72. The first-order chi connectivity index (χ1) is 10.3. The molecule has 0 atom stereocenters. The number of furan rings is 1. The standard InChI is InChI=1S/C16H14N2O3/c1-2-20-13-7-4-3-6-11(13)18-16(19)15-10-12-14(21-15)8-5-9-17-12/h3-10H,2H2,1H3,(H,18,19). The van der Waals surface area contributed by atoms with E-state index in [4.69, 9.17) is 9.15 Å². The Bertz CT molecular complexity index is 747. The van der Waals surface area contributed by atoms with Crippen molar-refractivity contribution in [1.82, 2.24) is 4.98 Å². The summed E-state index contributed by atoms with van der Waals surface area (Å²) in [5, 5.41) is 2.79. The first-order valence-corrected chi connectivity index (χ1v) is 6.65. The number of benzene rings is 1. The lowest BCUT2D eigenvalue weighted by Gasteiger charge is -2.10. The van der Waals surface area contributed by atoms with Crippen LogP contribution in [0.4, 0.5) is 5.69 Å². The van der Waals surface area contributed by atoms with E-state index in [1.807, 2.05) is 19.1 Å². The number of pyridine rings is 1. The molecule has 0 saturated carbocycles. The lowest BCUT2D eigenvalue weighted by atomic mass is 10.3. The number of anilines is 1.